The Kier molecular flexibility index (Phi) is 3.65. The van der Waals surface area contributed by atoms with Crippen molar-refractivity contribution in [3.63, 3.8) is 0 Å². The van der Waals surface area contributed by atoms with Crippen LogP contribution in [-0.2, 0) is 7.05 Å². The molecule has 1 heterocycles. The Hall–Kier alpha value is -2.50. The summed E-state index contributed by atoms with van der Waals surface area (Å²) in [6.07, 6.45) is 1.47. The summed E-state index contributed by atoms with van der Waals surface area (Å²) < 4.78 is 1.46. The van der Waals surface area contributed by atoms with Gasteiger partial charge in [-0.3, -0.25) is 9.48 Å². The van der Waals surface area contributed by atoms with Gasteiger partial charge >= 0.3 is 0 Å². The van der Waals surface area contributed by atoms with Gasteiger partial charge < -0.3 is 16.0 Å². The minimum atomic E-state index is -0.268. The van der Waals surface area contributed by atoms with E-state index in [0.29, 0.717) is 11.4 Å². The monoisotopic (exact) mass is 273 g/mol. The van der Waals surface area contributed by atoms with Gasteiger partial charge in [-0.25, -0.2) is 0 Å². The Morgan fingerprint density at radius 1 is 1.40 bits per heavy atom. The van der Waals surface area contributed by atoms with Crippen molar-refractivity contribution in [3.8, 4) is 0 Å². The fourth-order valence-corrected chi connectivity index (χ4v) is 2.09. The number of nitrogens with one attached hydrogen (secondary N) is 1. The van der Waals surface area contributed by atoms with Crippen LogP contribution < -0.4 is 16.0 Å². The van der Waals surface area contributed by atoms with Crippen LogP contribution in [0.1, 0.15) is 16.1 Å². The Morgan fingerprint density at radius 3 is 2.65 bits per heavy atom. The molecule has 1 aromatic heterocycles. The second-order valence-corrected chi connectivity index (χ2v) is 4.92. The average molecular weight is 273 g/mol. The molecule has 1 aromatic carbocycles. The van der Waals surface area contributed by atoms with Crippen LogP contribution in [0.5, 0.6) is 0 Å². The molecule has 0 aliphatic rings. The van der Waals surface area contributed by atoms with E-state index in [0.717, 1.165) is 16.9 Å². The summed E-state index contributed by atoms with van der Waals surface area (Å²) in [5, 5.41) is 6.80. The van der Waals surface area contributed by atoms with E-state index in [9.17, 15) is 4.79 Å². The third-order valence-electron chi connectivity index (χ3n) is 3.13. The second-order valence-electron chi connectivity index (χ2n) is 4.92. The van der Waals surface area contributed by atoms with Crippen LogP contribution in [0.15, 0.2) is 24.4 Å². The van der Waals surface area contributed by atoms with E-state index in [1.165, 1.54) is 10.9 Å². The number of carbonyl (C=O) groups is 1. The SMILES string of the molecule is Cc1ccc(NC(=O)c2c(N)cnn2C)cc1N(C)C. The van der Waals surface area contributed by atoms with Gasteiger partial charge in [0.1, 0.15) is 5.69 Å². The van der Waals surface area contributed by atoms with Gasteiger partial charge in [-0.15, -0.1) is 0 Å². The zero-order valence-corrected chi connectivity index (χ0v) is 12.1. The van der Waals surface area contributed by atoms with Crippen LogP contribution in [0.4, 0.5) is 17.1 Å². The van der Waals surface area contributed by atoms with Crippen LogP contribution in [0.25, 0.3) is 0 Å². The van der Waals surface area contributed by atoms with Crippen LogP contribution in [0.2, 0.25) is 0 Å². The number of aryl methyl sites for hydroxylation is 2. The number of hydrogen-bond acceptors (Lipinski definition) is 4. The summed E-state index contributed by atoms with van der Waals surface area (Å²) in [5.74, 6) is -0.268. The quantitative estimate of drug-likeness (QED) is 0.891. The summed E-state index contributed by atoms with van der Waals surface area (Å²) in [6, 6.07) is 5.77. The van der Waals surface area contributed by atoms with E-state index >= 15 is 0 Å². The molecular formula is C14H19N5O. The molecule has 20 heavy (non-hydrogen) atoms. The first kappa shape index (κ1) is 13.9. The van der Waals surface area contributed by atoms with Crippen molar-refractivity contribution in [1.29, 1.82) is 0 Å². The minimum absolute atomic E-state index is 0.268. The highest BCUT2D eigenvalue weighted by Crippen LogP contribution is 2.23. The summed E-state index contributed by atoms with van der Waals surface area (Å²) in [6.45, 7) is 2.03. The predicted octanol–water partition coefficient (Wildman–Crippen LogP) is 1.63. The van der Waals surface area contributed by atoms with Crippen molar-refractivity contribution in [3.05, 3.63) is 35.7 Å². The fraction of sp³-hybridized carbons (Fsp3) is 0.286. The summed E-state index contributed by atoms with van der Waals surface area (Å²) in [5.41, 5.74) is 9.40. The third kappa shape index (κ3) is 2.59. The number of nitrogen functional groups attached to an aromatic ring is 1. The maximum Gasteiger partial charge on any atom is 0.276 e. The molecule has 0 aliphatic carbocycles. The summed E-state index contributed by atoms with van der Waals surface area (Å²) >= 11 is 0. The number of hydrogen-bond donors (Lipinski definition) is 2. The highest BCUT2D eigenvalue weighted by molar-refractivity contribution is 6.06. The summed E-state index contributed by atoms with van der Waals surface area (Å²) in [4.78, 5) is 14.2. The van der Waals surface area contributed by atoms with Crippen LogP contribution in [-0.4, -0.2) is 29.8 Å². The van der Waals surface area contributed by atoms with Gasteiger partial charge in [0.05, 0.1) is 11.9 Å². The average Bonchev–Trinajstić information content (AvgIpc) is 2.71. The van der Waals surface area contributed by atoms with Gasteiger partial charge in [0.15, 0.2) is 0 Å². The Labute approximate surface area is 118 Å². The maximum atomic E-state index is 12.2. The number of anilines is 3. The van der Waals surface area contributed by atoms with Crippen molar-refractivity contribution in [2.75, 3.05) is 30.0 Å². The molecule has 0 spiro atoms. The second kappa shape index (κ2) is 5.24. The molecule has 0 saturated heterocycles. The zero-order valence-electron chi connectivity index (χ0n) is 12.1. The number of nitrogens with two attached hydrogens (primary N) is 1. The molecule has 106 valence electrons. The van der Waals surface area contributed by atoms with Gasteiger partial charge in [-0.1, -0.05) is 6.07 Å². The molecule has 2 aromatic rings. The first-order valence-electron chi connectivity index (χ1n) is 6.27. The Bertz CT molecular complexity index is 626. The lowest BCUT2D eigenvalue weighted by Gasteiger charge is -2.17. The smallest absolute Gasteiger partial charge is 0.276 e. The number of rotatable bonds is 3. The molecule has 0 unspecified atom stereocenters. The van der Waals surface area contributed by atoms with Gasteiger partial charge in [-0.05, 0) is 24.6 Å². The topological polar surface area (TPSA) is 76.2 Å². The lowest BCUT2D eigenvalue weighted by atomic mass is 10.1. The predicted molar refractivity (Wildman–Crippen MR) is 81.1 cm³/mol. The van der Waals surface area contributed by atoms with E-state index in [-0.39, 0.29) is 5.91 Å². The molecule has 1 amide bonds. The molecule has 3 N–H and O–H groups in total. The van der Waals surface area contributed by atoms with Crippen molar-refractivity contribution in [2.24, 2.45) is 7.05 Å². The van der Waals surface area contributed by atoms with E-state index < -0.39 is 0 Å². The molecule has 0 fully saturated rings. The van der Waals surface area contributed by atoms with Crippen molar-refractivity contribution >= 4 is 23.0 Å². The standard InChI is InChI=1S/C14H19N5O/c1-9-5-6-10(7-12(9)18(2)3)17-14(20)13-11(15)8-16-19(13)4/h5-8H,15H2,1-4H3,(H,17,20). The lowest BCUT2D eigenvalue weighted by molar-refractivity contribution is 0.101. The fourth-order valence-electron chi connectivity index (χ4n) is 2.09. The number of benzene rings is 1. The molecule has 0 bridgehead atoms. The molecular weight excluding hydrogens is 254 g/mol. The molecule has 6 nitrogen and oxygen atoms in total. The van der Waals surface area contributed by atoms with Gasteiger partial charge in [0.2, 0.25) is 0 Å². The largest absolute Gasteiger partial charge is 0.396 e. The Morgan fingerprint density at radius 2 is 2.10 bits per heavy atom. The number of aromatic nitrogens is 2. The molecule has 0 radical (unpaired) electrons. The van der Waals surface area contributed by atoms with Crippen LogP contribution in [0.3, 0.4) is 0 Å². The zero-order chi connectivity index (χ0) is 14.9. The van der Waals surface area contributed by atoms with Crippen molar-refractivity contribution < 1.29 is 4.79 Å². The number of amides is 1. The van der Waals surface area contributed by atoms with E-state index in [1.54, 1.807) is 7.05 Å². The molecule has 0 saturated carbocycles. The van der Waals surface area contributed by atoms with Gasteiger partial charge in [0, 0.05) is 32.5 Å². The lowest BCUT2D eigenvalue weighted by Crippen LogP contribution is -2.18. The van der Waals surface area contributed by atoms with Gasteiger partial charge in [-0.2, -0.15) is 5.10 Å². The first-order valence-corrected chi connectivity index (χ1v) is 6.27. The van der Waals surface area contributed by atoms with Crippen LogP contribution >= 0.6 is 0 Å². The van der Waals surface area contributed by atoms with E-state index in [4.69, 9.17) is 5.73 Å². The number of carbonyl (C=O) groups excluding carboxylic acids is 1. The summed E-state index contributed by atoms with van der Waals surface area (Å²) in [7, 11) is 5.62. The highest BCUT2D eigenvalue weighted by atomic mass is 16.2. The molecule has 2 rings (SSSR count). The van der Waals surface area contributed by atoms with Gasteiger partial charge in [0.25, 0.3) is 5.91 Å². The van der Waals surface area contributed by atoms with E-state index in [2.05, 4.69) is 10.4 Å². The first-order chi connectivity index (χ1) is 9.40. The minimum Gasteiger partial charge on any atom is -0.396 e. The molecule has 0 atom stereocenters. The molecule has 6 heteroatoms. The maximum absolute atomic E-state index is 12.2. The van der Waals surface area contributed by atoms with Crippen LogP contribution in [0, 0.1) is 6.92 Å². The normalized spacial score (nSPS) is 10.4. The molecule has 0 aliphatic heterocycles. The third-order valence-corrected chi connectivity index (χ3v) is 3.13. The highest BCUT2D eigenvalue weighted by Gasteiger charge is 2.15. The van der Waals surface area contributed by atoms with Crippen molar-refractivity contribution in [2.45, 2.75) is 6.92 Å². The van der Waals surface area contributed by atoms with Crippen molar-refractivity contribution in [1.82, 2.24) is 9.78 Å². The Balaban J connectivity index is 2.27. The van der Waals surface area contributed by atoms with E-state index in [1.807, 2.05) is 44.1 Å². The number of nitrogens with zero attached hydrogens (tertiary/aromatic N) is 3.